The molecule has 0 aromatic heterocycles. The molecule has 1 aliphatic heterocycles. The normalized spacial score (nSPS) is 23.1. The average Bonchev–Trinajstić information content (AvgIpc) is 2.34. The number of carbonyl (C=O) groups is 1. The molecule has 2 atom stereocenters. The standard InChI is InChI=1S/C11H21NO6S2/c1-3-8(2)10(11(13)14)12-20(17,18)9-4-6-19(15,16)7-5-9/h8-10,12H,3-7H2,1-2H3,(H,13,14)/t8?,10-/m0/s1. The molecule has 1 saturated heterocycles. The van der Waals surface area contributed by atoms with Crippen molar-refractivity contribution in [2.45, 2.75) is 44.4 Å². The molecule has 1 unspecified atom stereocenters. The molecule has 20 heavy (non-hydrogen) atoms. The topological polar surface area (TPSA) is 118 Å². The van der Waals surface area contributed by atoms with Crippen LogP contribution >= 0.6 is 0 Å². The zero-order valence-corrected chi connectivity index (χ0v) is 13.2. The van der Waals surface area contributed by atoms with Gasteiger partial charge < -0.3 is 5.11 Å². The molecule has 0 aliphatic carbocycles. The molecule has 0 amide bonds. The van der Waals surface area contributed by atoms with Crippen LogP contribution in [0.5, 0.6) is 0 Å². The zero-order valence-electron chi connectivity index (χ0n) is 11.6. The molecule has 1 aliphatic rings. The first-order chi connectivity index (χ1) is 9.09. The van der Waals surface area contributed by atoms with Crippen molar-refractivity contribution in [3.05, 3.63) is 0 Å². The van der Waals surface area contributed by atoms with Crippen molar-refractivity contribution in [3.63, 3.8) is 0 Å². The van der Waals surface area contributed by atoms with Gasteiger partial charge in [-0.3, -0.25) is 4.79 Å². The summed E-state index contributed by atoms with van der Waals surface area (Å²) in [6, 6.07) is -1.18. The van der Waals surface area contributed by atoms with E-state index in [0.717, 1.165) is 0 Å². The number of nitrogens with one attached hydrogen (secondary N) is 1. The molecular weight excluding hydrogens is 306 g/mol. The van der Waals surface area contributed by atoms with Crippen LogP contribution in [0.2, 0.25) is 0 Å². The van der Waals surface area contributed by atoms with Gasteiger partial charge in [-0.2, -0.15) is 0 Å². The SMILES string of the molecule is CCC(C)[C@H](NS(=O)(=O)C1CCS(=O)(=O)CC1)C(=O)O. The Kier molecular flexibility index (Phi) is 5.56. The molecule has 0 radical (unpaired) electrons. The Hall–Kier alpha value is -0.670. The van der Waals surface area contributed by atoms with Gasteiger partial charge >= 0.3 is 5.97 Å². The van der Waals surface area contributed by atoms with Crippen LogP contribution in [0.3, 0.4) is 0 Å². The summed E-state index contributed by atoms with van der Waals surface area (Å²) >= 11 is 0. The van der Waals surface area contributed by atoms with Gasteiger partial charge in [-0.25, -0.2) is 21.6 Å². The van der Waals surface area contributed by atoms with Crippen molar-refractivity contribution >= 4 is 25.8 Å². The van der Waals surface area contributed by atoms with Gasteiger partial charge in [0.25, 0.3) is 0 Å². The highest BCUT2D eigenvalue weighted by Crippen LogP contribution is 2.20. The molecule has 9 heteroatoms. The van der Waals surface area contributed by atoms with Crippen LogP contribution in [0.4, 0.5) is 0 Å². The molecular formula is C11H21NO6S2. The summed E-state index contributed by atoms with van der Waals surface area (Å²) in [6.45, 7) is 3.44. The quantitative estimate of drug-likeness (QED) is 0.708. The summed E-state index contributed by atoms with van der Waals surface area (Å²) in [5, 5.41) is 8.26. The first kappa shape index (κ1) is 17.4. The smallest absolute Gasteiger partial charge is 0.322 e. The van der Waals surface area contributed by atoms with E-state index in [-0.39, 0.29) is 30.3 Å². The van der Waals surface area contributed by atoms with Crippen LogP contribution in [0.1, 0.15) is 33.1 Å². The summed E-state index contributed by atoms with van der Waals surface area (Å²) < 4.78 is 49.1. The third-order valence-electron chi connectivity index (χ3n) is 3.71. The zero-order chi connectivity index (χ0) is 15.6. The molecule has 0 bridgehead atoms. The predicted molar refractivity (Wildman–Crippen MR) is 74.6 cm³/mol. The maximum Gasteiger partial charge on any atom is 0.322 e. The molecule has 0 saturated carbocycles. The lowest BCUT2D eigenvalue weighted by Crippen LogP contribution is -2.49. The Labute approximate surface area is 119 Å². The van der Waals surface area contributed by atoms with Crippen LogP contribution in [0.15, 0.2) is 0 Å². The van der Waals surface area contributed by atoms with Crippen molar-refractivity contribution in [1.82, 2.24) is 4.72 Å². The van der Waals surface area contributed by atoms with Crippen LogP contribution in [0, 0.1) is 5.92 Å². The fraction of sp³-hybridized carbons (Fsp3) is 0.909. The Morgan fingerprint density at radius 3 is 2.25 bits per heavy atom. The minimum absolute atomic E-state index is 0.0184. The van der Waals surface area contributed by atoms with Crippen LogP contribution in [-0.2, 0) is 24.7 Å². The van der Waals surface area contributed by atoms with E-state index in [0.29, 0.717) is 6.42 Å². The third kappa shape index (κ3) is 4.42. The maximum absolute atomic E-state index is 12.2. The van der Waals surface area contributed by atoms with Crippen molar-refractivity contribution in [2.24, 2.45) is 5.92 Å². The van der Waals surface area contributed by atoms with Gasteiger partial charge in [0, 0.05) is 0 Å². The second-order valence-corrected chi connectivity index (χ2v) is 9.51. The number of carboxylic acids is 1. The second kappa shape index (κ2) is 6.40. The lowest BCUT2D eigenvalue weighted by Gasteiger charge is -2.26. The summed E-state index contributed by atoms with van der Waals surface area (Å²) in [7, 11) is -6.98. The number of rotatable bonds is 6. The summed E-state index contributed by atoms with van der Waals surface area (Å²) in [4.78, 5) is 11.1. The molecule has 2 N–H and O–H groups in total. The van der Waals surface area contributed by atoms with Crippen molar-refractivity contribution in [3.8, 4) is 0 Å². The molecule has 118 valence electrons. The molecule has 1 rings (SSSR count). The Morgan fingerprint density at radius 2 is 1.85 bits per heavy atom. The average molecular weight is 327 g/mol. The molecule has 0 spiro atoms. The first-order valence-electron chi connectivity index (χ1n) is 6.53. The van der Waals surface area contributed by atoms with E-state index in [2.05, 4.69) is 4.72 Å². The van der Waals surface area contributed by atoms with E-state index < -0.39 is 37.1 Å². The van der Waals surface area contributed by atoms with Gasteiger partial charge in [-0.05, 0) is 18.8 Å². The molecule has 1 heterocycles. The fourth-order valence-electron chi connectivity index (χ4n) is 2.10. The monoisotopic (exact) mass is 327 g/mol. The molecule has 0 aromatic rings. The van der Waals surface area contributed by atoms with Crippen molar-refractivity contribution in [2.75, 3.05) is 11.5 Å². The molecule has 0 aromatic carbocycles. The number of sulfone groups is 1. The van der Waals surface area contributed by atoms with Gasteiger partial charge in [0.2, 0.25) is 10.0 Å². The number of hydrogen-bond acceptors (Lipinski definition) is 5. The predicted octanol–water partition coefficient (Wildman–Crippen LogP) is -0.0177. The van der Waals surface area contributed by atoms with E-state index >= 15 is 0 Å². The van der Waals surface area contributed by atoms with E-state index in [9.17, 15) is 21.6 Å². The third-order valence-corrected chi connectivity index (χ3v) is 7.36. The number of sulfonamides is 1. The minimum Gasteiger partial charge on any atom is -0.480 e. The van der Waals surface area contributed by atoms with Crippen LogP contribution in [-0.4, -0.2) is 50.7 Å². The lowest BCUT2D eigenvalue weighted by atomic mass is 10.0. The highest BCUT2D eigenvalue weighted by molar-refractivity contribution is 7.92. The molecule has 1 fully saturated rings. The van der Waals surface area contributed by atoms with Crippen LogP contribution < -0.4 is 4.72 Å². The Morgan fingerprint density at radius 1 is 1.35 bits per heavy atom. The lowest BCUT2D eigenvalue weighted by molar-refractivity contribution is -0.140. The highest BCUT2D eigenvalue weighted by atomic mass is 32.2. The Balaban J connectivity index is 2.81. The minimum atomic E-state index is -3.83. The van der Waals surface area contributed by atoms with E-state index in [1.807, 2.05) is 0 Å². The van der Waals surface area contributed by atoms with Gasteiger partial charge in [0.1, 0.15) is 15.9 Å². The van der Waals surface area contributed by atoms with Gasteiger partial charge in [-0.15, -0.1) is 0 Å². The van der Waals surface area contributed by atoms with E-state index in [1.165, 1.54) is 0 Å². The fourth-order valence-corrected chi connectivity index (χ4v) is 5.62. The largest absolute Gasteiger partial charge is 0.480 e. The Bertz CT molecular complexity index is 539. The summed E-state index contributed by atoms with van der Waals surface area (Å²) in [5.74, 6) is -1.89. The number of aliphatic carboxylic acids is 1. The maximum atomic E-state index is 12.2. The van der Waals surface area contributed by atoms with E-state index in [4.69, 9.17) is 5.11 Å². The van der Waals surface area contributed by atoms with E-state index in [1.54, 1.807) is 13.8 Å². The van der Waals surface area contributed by atoms with Crippen molar-refractivity contribution in [1.29, 1.82) is 0 Å². The number of carboxylic acid groups (broad SMARTS) is 1. The highest BCUT2D eigenvalue weighted by Gasteiger charge is 2.36. The summed E-state index contributed by atoms with van der Waals surface area (Å²) in [5.41, 5.74) is 0. The van der Waals surface area contributed by atoms with Gasteiger partial charge in [0.05, 0.1) is 16.8 Å². The number of hydrogen-bond donors (Lipinski definition) is 2. The second-order valence-electron chi connectivity index (χ2n) is 5.22. The van der Waals surface area contributed by atoms with Gasteiger partial charge in [-0.1, -0.05) is 20.3 Å². The first-order valence-corrected chi connectivity index (χ1v) is 9.90. The van der Waals surface area contributed by atoms with Crippen molar-refractivity contribution < 1.29 is 26.7 Å². The summed E-state index contributed by atoms with van der Waals surface area (Å²) in [6.07, 6.45) is 0.563. The van der Waals surface area contributed by atoms with Gasteiger partial charge in [0.15, 0.2) is 0 Å². The van der Waals surface area contributed by atoms with Crippen LogP contribution in [0.25, 0.3) is 0 Å². The molecule has 7 nitrogen and oxygen atoms in total.